The number of amides is 3. The predicted octanol–water partition coefficient (Wildman–Crippen LogP) is 2.64. The van der Waals surface area contributed by atoms with Crippen LogP contribution in [0.1, 0.15) is 42.5 Å². The normalized spacial score (nSPS) is 16.1. The molecule has 0 unspecified atom stereocenters. The Morgan fingerprint density at radius 1 is 0.923 bits per heavy atom. The number of aromatic nitrogens is 2. The maximum atomic E-state index is 13.8. The lowest BCUT2D eigenvalue weighted by Crippen LogP contribution is -2.46. The first-order valence-corrected chi connectivity index (χ1v) is 13.7. The molecule has 2 aliphatic heterocycles. The second-order valence-electron chi connectivity index (χ2n) is 9.56. The van der Waals surface area contributed by atoms with Gasteiger partial charge < -0.3 is 25.3 Å². The average Bonchev–Trinajstić information content (AvgIpc) is 3.23. The van der Waals surface area contributed by atoms with Gasteiger partial charge in [0.2, 0.25) is 0 Å². The van der Waals surface area contributed by atoms with Crippen LogP contribution in [-0.2, 0) is 0 Å². The fourth-order valence-corrected chi connectivity index (χ4v) is 5.48. The van der Waals surface area contributed by atoms with Gasteiger partial charge in [0.25, 0.3) is 17.7 Å². The largest absolute Gasteiger partial charge is 0.368 e. The molecule has 2 aliphatic rings. The van der Waals surface area contributed by atoms with Crippen molar-refractivity contribution in [2.45, 2.75) is 13.3 Å². The van der Waals surface area contributed by atoms with Crippen molar-refractivity contribution in [2.24, 2.45) is 0 Å². The summed E-state index contributed by atoms with van der Waals surface area (Å²) >= 11 is 1.10. The van der Waals surface area contributed by atoms with Crippen LogP contribution in [0.3, 0.4) is 0 Å². The van der Waals surface area contributed by atoms with Crippen molar-refractivity contribution in [3.8, 4) is 0 Å². The molecule has 3 heterocycles. The third kappa shape index (κ3) is 6.07. The van der Waals surface area contributed by atoms with Crippen LogP contribution in [0.2, 0.25) is 0 Å². The first-order chi connectivity index (χ1) is 18.9. The Kier molecular flexibility index (Phi) is 8.13. The van der Waals surface area contributed by atoms with E-state index in [2.05, 4.69) is 25.1 Å². The molecular formula is C27H30FN7O3S. The molecule has 2 N–H and O–H groups in total. The van der Waals surface area contributed by atoms with E-state index in [4.69, 9.17) is 0 Å². The molecule has 204 valence electrons. The number of nitrogens with zero attached hydrogens (tertiary/aromatic N) is 5. The average molecular weight is 552 g/mol. The Hall–Kier alpha value is -3.90. The van der Waals surface area contributed by atoms with Gasteiger partial charge in [-0.3, -0.25) is 14.4 Å². The lowest BCUT2D eigenvalue weighted by atomic mass is 10.1. The molecule has 0 bridgehead atoms. The van der Waals surface area contributed by atoms with Crippen LogP contribution < -0.4 is 15.5 Å². The molecule has 2 aromatic carbocycles. The summed E-state index contributed by atoms with van der Waals surface area (Å²) in [6, 6.07) is 10.8. The number of anilines is 2. The van der Waals surface area contributed by atoms with E-state index in [9.17, 15) is 18.8 Å². The number of hydrogen-bond acceptors (Lipinski definition) is 8. The Morgan fingerprint density at radius 2 is 1.72 bits per heavy atom. The van der Waals surface area contributed by atoms with E-state index in [-0.39, 0.29) is 17.4 Å². The number of aryl methyl sites for hydroxylation is 1. The van der Waals surface area contributed by atoms with Crippen LogP contribution in [0.15, 0.2) is 42.5 Å². The second-order valence-corrected chi connectivity index (χ2v) is 10.3. The molecule has 39 heavy (non-hydrogen) atoms. The molecule has 0 radical (unpaired) electrons. The molecule has 2 fully saturated rings. The standard InChI is InChI=1S/C27H30FN7O3S/c1-18-24(39-32-31-18)27(38)34-11-3-10-33(14-15-34)23-7-6-20(26(37)35-12-8-29-9-13-35)17-22(23)30-25(36)19-4-2-5-21(28)16-19/h2,4-7,16-17,29H,3,8-15H2,1H3,(H,30,36). The fraction of sp³-hybridized carbons (Fsp3) is 0.370. The molecule has 1 aromatic heterocycles. The summed E-state index contributed by atoms with van der Waals surface area (Å²) in [5, 5.41) is 10.1. The van der Waals surface area contributed by atoms with Gasteiger partial charge in [-0.1, -0.05) is 10.6 Å². The van der Waals surface area contributed by atoms with E-state index >= 15 is 0 Å². The number of carbonyl (C=O) groups is 3. The minimum absolute atomic E-state index is 0.0825. The topological polar surface area (TPSA) is 111 Å². The van der Waals surface area contributed by atoms with Crippen LogP contribution in [0.4, 0.5) is 15.8 Å². The van der Waals surface area contributed by atoms with Crippen LogP contribution in [0, 0.1) is 12.7 Å². The first kappa shape index (κ1) is 26.7. The molecule has 0 aliphatic carbocycles. The van der Waals surface area contributed by atoms with Gasteiger partial charge in [0.1, 0.15) is 10.7 Å². The summed E-state index contributed by atoms with van der Waals surface area (Å²) in [7, 11) is 0. The number of rotatable bonds is 5. The molecular weight excluding hydrogens is 521 g/mol. The van der Waals surface area contributed by atoms with E-state index in [1.165, 1.54) is 18.2 Å². The molecule has 0 spiro atoms. The van der Waals surface area contributed by atoms with E-state index < -0.39 is 11.7 Å². The van der Waals surface area contributed by atoms with Crippen molar-refractivity contribution < 1.29 is 18.8 Å². The highest BCUT2D eigenvalue weighted by Gasteiger charge is 2.26. The third-order valence-corrected chi connectivity index (χ3v) is 7.77. The summed E-state index contributed by atoms with van der Waals surface area (Å²) < 4.78 is 17.7. The second kappa shape index (κ2) is 11.9. The number of benzene rings is 2. The van der Waals surface area contributed by atoms with E-state index in [1.54, 1.807) is 34.9 Å². The minimum atomic E-state index is -0.505. The van der Waals surface area contributed by atoms with Crippen LogP contribution >= 0.6 is 11.5 Å². The molecule has 10 nitrogen and oxygen atoms in total. The predicted molar refractivity (Wildman–Crippen MR) is 147 cm³/mol. The summed E-state index contributed by atoms with van der Waals surface area (Å²) in [4.78, 5) is 45.6. The van der Waals surface area contributed by atoms with Gasteiger partial charge >= 0.3 is 0 Å². The van der Waals surface area contributed by atoms with Crippen LogP contribution in [-0.4, -0.2) is 89.5 Å². The summed E-state index contributed by atoms with van der Waals surface area (Å²) in [6.45, 7) is 6.69. The maximum Gasteiger partial charge on any atom is 0.267 e. The highest BCUT2D eigenvalue weighted by molar-refractivity contribution is 7.07. The SMILES string of the molecule is Cc1nnsc1C(=O)N1CCCN(c2ccc(C(=O)N3CCNCC3)cc2NC(=O)c2cccc(F)c2)CC1. The third-order valence-electron chi connectivity index (χ3n) is 6.95. The van der Waals surface area contributed by atoms with Crippen molar-refractivity contribution in [1.29, 1.82) is 0 Å². The number of carbonyl (C=O) groups excluding carboxylic acids is 3. The van der Waals surface area contributed by atoms with Gasteiger partial charge in [-0.15, -0.1) is 5.10 Å². The van der Waals surface area contributed by atoms with Crippen molar-refractivity contribution in [2.75, 3.05) is 62.6 Å². The quantitative estimate of drug-likeness (QED) is 0.502. The van der Waals surface area contributed by atoms with Crippen molar-refractivity contribution >= 4 is 40.6 Å². The van der Waals surface area contributed by atoms with Gasteiger partial charge in [0.05, 0.1) is 17.1 Å². The summed E-state index contributed by atoms with van der Waals surface area (Å²) in [5.74, 6) is -1.16. The van der Waals surface area contributed by atoms with E-state index in [0.717, 1.165) is 36.7 Å². The number of hydrogen-bond donors (Lipinski definition) is 2. The zero-order valence-corrected chi connectivity index (χ0v) is 22.5. The Bertz CT molecular complexity index is 1370. The van der Waals surface area contributed by atoms with Gasteiger partial charge in [0.15, 0.2) is 0 Å². The highest BCUT2D eigenvalue weighted by atomic mass is 32.1. The van der Waals surface area contributed by atoms with Crippen LogP contribution in [0.5, 0.6) is 0 Å². The first-order valence-electron chi connectivity index (χ1n) is 12.9. The van der Waals surface area contributed by atoms with Crippen molar-refractivity contribution in [3.63, 3.8) is 0 Å². The zero-order valence-electron chi connectivity index (χ0n) is 21.7. The van der Waals surface area contributed by atoms with Gasteiger partial charge in [-0.25, -0.2) is 4.39 Å². The van der Waals surface area contributed by atoms with Crippen molar-refractivity contribution in [1.82, 2.24) is 24.7 Å². The maximum absolute atomic E-state index is 13.8. The molecule has 12 heteroatoms. The van der Waals surface area contributed by atoms with Gasteiger partial charge in [0, 0.05) is 63.5 Å². The van der Waals surface area contributed by atoms with Gasteiger partial charge in [-0.05, 0) is 61.3 Å². The van der Waals surface area contributed by atoms with Crippen LogP contribution in [0.25, 0.3) is 0 Å². The van der Waals surface area contributed by atoms with Gasteiger partial charge in [-0.2, -0.15) is 0 Å². The van der Waals surface area contributed by atoms with Crippen molar-refractivity contribution in [3.05, 3.63) is 70.0 Å². The highest BCUT2D eigenvalue weighted by Crippen LogP contribution is 2.30. The Balaban J connectivity index is 1.40. The lowest BCUT2D eigenvalue weighted by molar-refractivity contribution is 0.0734. The molecule has 2 saturated heterocycles. The summed E-state index contributed by atoms with van der Waals surface area (Å²) in [6.07, 6.45) is 0.718. The Labute approximate surface area is 229 Å². The molecule has 0 saturated carbocycles. The fourth-order valence-electron chi connectivity index (χ4n) is 4.85. The number of nitrogens with one attached hydrogen (secondary N) is 2. The number of piperazine rings is 1. The Morgan fingerprint density at radius 3 is 2.46 bits per heavy atom. The smallest absolute Gasteiger partial charge is 0.267 e. The summed E-state index contributed by atoms with van der Waals surface area (Å²) in [5.41, 5.74) is 2.48. The molecule has 5 rings (SSSR count). The van der Waals surface area contributed by atoms with E-state index in [1.807, 2.05) is 6.07 Å². The molecule has 3 aromatic rings. The number of halogens is 1. The molecule has 0 atom stereocenters. The lowest BCUT2D eigenvalue weighted by Gasteiger charge is -2.29. The minimum Gasteiger partial charge on any atom is -0.368 e. The zero-order chi connectivity index (χ0) is 27.4. The molecule has 3 amide bonds. The van der Waals surface area contributed by atoms with E-state index in [0.29, 0.717) is 61.1 Å². The monoisotopic (exact) mass is 551 g/mol.